The van der Waals surface area contributed by atoms with E-state index in [1.54, 1.807) is 6.92 Å². The van der Waals surface area contributed by atoms with E-state index in [-0.39, 0.29) is 18.1 Å². The van der Waals surface area contributed by atoms with Crippen molar-refractivity contribution >= 4 is 25.8 Å². The molecule has 1 aromatic carbocycles. The van der Waals surface area contributed by atoms with Gasteiger partial charge in [-0.1, -0.05) is 29.8 Å². The molecule has 114 valence electrons. The summed E-state index contributed by atoms with van der Waals surface area (Å²) in [5, 5.41) is 3.33. The Morgan fingerprint density at radius 1 is 1.30 bits per heavy atom. The summed E-state index contributed by atoms with van der Waals surface area (Å²) in [6.45, 7) is 5.69. The molecule has 4 nitrogen and oxygen atoms in total. The third-order valence-corrected chi connectivity index (χ3v) is 5.30. The first-order chi connectivity index (χ1) is 9.48. The molecular weight excluding hydrogens is 342 g/mol. The van der Waals surface area contributed by atoms with Gasteiger partial charge in [-0.05, 0) is 36.7 Å². The van der Waals surface area contributed by atoms with Gasteiger partial charge in [0.15, 0.2) is 9.84 Å². The van der Waals surface area contributed by atoms with Gasteiger partial charge in [-0.15, -0.1) is 0 Å². The number of rotatable bonds is 9. The maximum Gasteiger partial charge on any atom is 0.153 e. The lowest BCUT2D eigenvalue weighted by molar-refractivity contribution is 0.340. The third-order valence-electron chi connectivity index (χ3n) is 2.86. The second-order valence-corrected chi connectivity index (χ2v) is 7.84. The molecule has 0 aliphatic carbocycles. The average Bonchev–Trinajstić information content (AvgIpc) is 2.42. The van der Waals surface area contributed by atoms with Crippen LogP contribution in [0.5, 0.6) is 5.75 Å². The fourth-order valence-corrected chi connectivity index (χ4v) is 2.62. The fourth-order valence-electron chi connectivity index (χ4n) is 1.61. The summed E-state index contributed by atoms with van der Waals surface area (Å²) >= 11 is 3.50. The summed E-state index contributed by atoms with van der Waals surface area (Å²) in [7, 11) is -2.97. The van der Waals surface area contributed by atoms with Crippen molar-refractivity contribution in [3.05, 3.63) is 28.2 Å². The molecule has 0 unspecified atom stereocenters. The average molecular weight is 364 g/mol. The minimum absolute atomic E-state index is 0.0585. The second-order valence-electron chi connectivity index (χ2n) is 4.51. The van der Waals surface area contributed by atoms with E-state index in [2.05, 4.69) is 28.2 Å². The molecule has 0 aromatic heterocycles. The van der Waals surface area contributed by atoms with Crippen LogP contribution in [0.15, 0.2) is 22.7 Å². The zero-order chi connectivity index (χ0) is 15.0. The van der Waals surface area contributed by atoms with Crippen molar-refractivity contribution in [2.24, 2.45) is 0 Å². The first kappa shape index (κ1) is 17.5. The van der Waals surface area contributed by atoms with Crippen LogP contribution in [-0.2, 0) is 16.4 Å². The highest BCUT2D eigenvalue weighted by Gasteiger charge is 2.08. The Balaban J connectivity index is 2.56. The molecule has 0 radical (unpaired) electrons. The Bertz CT molecular complexity index is 517. The number of hydrogen-bond donors (Lipinski definition) is 1. The van der Waals surface area contributed by atoms with E-state index in [1.165, 1.54) is 0 Å². The van der Waals surface area contributed by atoms with E-state index >= 15 is 0 Å². The van der Waals surface area contributed by atoms with Crippen molar-refractivity contribution < 1.29 is 13.2 Å². The molecule has 0 saturated carbocycles. The molecule has 0 atom stereocenters. The third kappa shape index (κ3) is 6.24. The smallest absolute Gasteiger partial charge is 0.153 e. The molecule has 1 aromatic rings. The van der Waals surface area contributed by atoms with Crippen LogP contribution >= 0.6 is 15.9 Å². The van der Waals surface area contributed by atoms with Crippen molar-refractivity contribution in [1.29, 1.82) is 0 Å². The van der Waals surface area contributed by atoms with Gasteiger partial charge < -0.3 is 10.1 Å². The van der Waals surface area contributed by atoms with Crippen LogP contribution in [0.3, 0.4) is 0 Å². The normalized spacial score (nSPS) is 11.6. The molecule has 0 spiro atoms. The standard InChI is InChI=1S/C14H22BrNO3S/c1-3-7-16-11-12-10-13(5-6-14(12)15)19-8-9-20(17,18)4-2/h5-6,10,16H,3-4,7-9,11H2,1-2H3. The van der Waals surface area contributed by atoms with Gasteiger partial charge in [-0.2, -0.15) is 0 Å². The molecule has 1 rings (SSSR count). The summed E-state index contributed by atoms with van der Waals surface area (Å²) < 4.78 is 29.3. The Hall–Kier alpha value is -0.590. The van der Waals surface area contributed by atoms with Crippen LogP contribution in [0.4, 0.5) is 0 Å². The van der Waals surface area contributed by atoms with Gasteiger partial charge >= 0.3 is 0 Å². The summed E-state index contributed by atoms with van der Waals surface area (Å²) in [6, 6.07) is 5.70. The van der Waals surface area contributed by atoms with Gasteiger partial charge in [-0.25, -0.2) is 8.42 Å². The summed E-state index contributed by atoms with van der Waals surface area (Å²) in [4.78, 5) is 0. The van der Waals surface area contributed by atoms with Crippen molar-refractivity contribution in [2.45, 2.75) is 26.8 Å². The van der Waals surface area contributed by atoms with Gasteiger partial charge in [0.05, 0.1) is 5.75 Å². The van der Waals surface area contributed by atoms with Crippen LogP contribution < -0.4 is 10.1 Å². The SMILES string of the molecule is CCCNCc1cc(OCCS(=O)(=O)CC)ccc1Br. The monoisotopic (exact) mass is 363 g/mol. The maximum atomic E-state index is 11.4. The van der Waals surface area contributed by atoms with Crippen LogP contribution in [0.1, 0.15) is 25.8 Å². The lowest BCUT2D eigenvalue weighted by Gasteiger charge is -2.10. The van der Waals surface area contributed by atoms with Crippen molar-refractivity contribution in [3.8, 4) is 5.75 Å². The van der Waals surface area contributed by atoms with Crippen molar-refractivity contribution in [1.82, 2.24) is 5.32 Å². The number of ether oxygens (including phenoxy) is 1. The highest BCUT2D eigenvalue weighted by molar-refractivity contribution is 9.10. The van der Waals surface area contributed by atoms with Crippen LogP contribution in [0.2, 0.25) is 0 Å². The number of halogens is 1. The number of hydrogen-bond acceptors (Lipinski definition) is 4. The van der Waals surface area contributed by atoms with E-state index in [9.17, 15) is 8.42 Å². The van der Waals surface area contributed by atoms with Gasteiger partial charge in [-0.3, -0.25) is 0 Å². The zero-order valence-electron chi connectivity index (χ0n) is 12.0. The van der Waals surface area contributed by atoms with E-state index in [0.29, 0.717) is 5.75 Å². The molecule has 0 bridgehead atoms. The summed E-state index contributed by atoms with van der Waals surface area (Å²) in [6.07, 6.45) is 1.09. The second kappa shape index (κ2) is 8.64. The highest BCUT2D eigenvalue weighted by atomic mass is 79.9. The Morgan fingerprint density at radius 3 is 2.70 bits per heavy atom. The van der Waals surface area contributed by atoms with Crippen LogP contribution in [0, 0.1) is 0 Å². The zero-order valence-corrected chi connectivity index (χ0v) is 14.4. The molecule has 1 N–H and O–H groups in total. The molecule has 0 fully saturated rings. The largest absolute Gasteiger partial charge is 0.493 e. The first-order valence-corrected chi connectivity index (χ1v) is 9.42. The van der Waals surface area contributed by atoms with E-state index in [4.69, 9.17) is 4.74 Å². The van der Waals surface area contributed by atoms with E-state index in [0.717, 1.165) is 29.5 Å². The Labute approximate surface area is 130 Å². The number of nitrogens with one attached hydrogen (secondary N) is 1. The fraction of sp³-hybridized carbons (Fsp3) is 0.571. The van der Waals surface area contributed by atoms with Crippen LogP contribution in [-0.4, -0.2) is 33.1 Å². The van der Waals surface area contributed by atoms with Gasteiger partial charge in [0, 0.05) is 16.8 Å². The number of benzene rings is 1. The maximum absolute atomic E-state index is 11.4. The quantitative estimate of drug-likeness (QED) is 0.685. The molecule has 0 heterocycles. The predicted octanol–water partition coefficient (Wildman–Crippen LogP) is 2.76. The number of sulfone groups is 1. The molecule has 20 heavy (non-hydrogen) atoms. The molecule has 0 aliphatic heterocycles. The van der Waals surface area contributed by atoms with Gasteiger partial charge in [0.1, 0.15) is 12.4 Å². The lowest BCUT2D eigenvalue weighted by Crippen LogP contribution is -2.16. The van der Waals surface area contributed by atoms with E-state index < -0.39 is 9.84 Å². The topological polar surface area (TPSA) is 55.4 Å². The van der Waals surface area contributed by atoms with Crippen molar-refractivity contribution in [3.63, 3.8) is 0 Å². The minimum Gasteiger partial charge on any atom is -0.493 e. The molecule has 6 heteroatoms. The van der Waals surface area contributed by atoms with Gasteiger partial charge in [0.2, 0.25) is 0 Å². The Morgan fingerprint density at radius 2 is 2.05 bits per heavy atom. The first-order valence-electron chi connectivity index (χ1n) is 6.81. The van der Waals surface area contributed by atoms with Gasteiger partial charge in [0.25, 0.3) is 0 Å². The van der Waals surface area contributed by atoms with E-state index in [1.807, 2.05) is 18.2 Å². The molecular formula is C14H22BrNO3S. The summed E-state index contributed by atoms with van der Waals surface area (Å²) in [5.41, 5.74) is 1.11. The van der Waals surface area contributed by atoms with Crippen LogP contribution in [0.25, 0.3) is 0 Å². The molecule has 0 amide bonds. The highest BCUT2D eigenvalue weighted by Crippen LogP contribution is 2.22. The minimum atomic E-state index is -2.97. The molecule has 0 aliphatic rings. The lowest BCUT2D eigenvalue weighted by atomic mass is 10.2. The Kier molecular flexibility index (Phi) is 7.55. The summed E-state index contributed by atoms with van der Waals surface area (Å²) in [5.74, 6) is 0.916. The predicted molar refractivity (Wildman–Crippen MR) is 86.0 cm³/mol. The van der Waals surface area contributed by atoms with Crippen molar-refractivity contribution in [2.75, 3.05) is 24.7 Å². The molecule has 0 saturated heterocycles.